The van der Waals surface area contributed by atoms with Crippen molar-refractivity contribution in [1.82, 2.24) is 15.0 Å². The van der Waals surface area contributed by atoms with Gasteiger partial charge in [-0.25, -0.2) is 9.97 Å². The quantitative estimate of drug-likeness (QED) is 0.816. The van der Waals surface area contributed by atoms with E-state index in [0.717, 1.165) is 24.2 Å². The van der Waals surface area contributed by atoms with Gasteiger partial charge in [-0.1, -0.05) is 6.07 Å². The van der Waals surface area contributed by atoms with Crippen molar-refractivity contribution in [2.45, 2.75) is 12.8 Å². The van der Waals surface area contributed by atoms with Crippen LogP contribution in [0.5, 0.6) is 0 Å². The molecule has 2 aromatic heterocycles. The first-order chi connectivity index (χ1) is 9.33. The van der Waals surface area contributed by atoms with E-state index in [0.29, 0.717) is 18.9 Å². The summed E-state index contributed by atoms with van der Waals surface area (Å²) in [7, 11) is 0. The lowest BCUT2D eigenvalue weighted by molar-refractivity contribution is -0.118. The van der Waals surface area contributed by atoms with Crippen molar-refractivity contribution in [3.8, 4) is 11.3 Å². The molecule has 1 fully saturated rings. The van der Waals surface area contributed by atoms with Crippen LogP contribution >= 0.6 is 0 Å². The number of hydrogen-bond donors (Lipinski definition) is 0. The molecule has 3 rings (SSSR count). The predicted octanol–water partition coefficient (Wildman–Crippen LogP) is 1.71. The van der Waals surface area contributed by atoms with Gasteiger partial charge in [-0.2, -0.15) is 0 Å². The summed E-state index contributed by atoms with van der Waals surface area (Å²) < 4.78 is 0. The van der Waals surface area contributed by atoms with Crippen LogP contribution in [0.2, 0.25) is 0 Å². The first kappa shape index (κ1) is 11.8. The zero-order chi connectivity index (χ0) is 13.1. The highest BCUT2D eigenvalue weighted by Gasteiger charge is 2.18. The topological polar surface area (TPSA) is 59.0 Å². The molecule has 1 aliphatic heterocycles. The number of anilines is 1. The second-order valence-corrected chi connectivity index (χ2v) is 4.55. The fourth-order valence-corrected chi connectivity index (χ4v) is 2.16. The van der Waals surface area contributed by atoms with E-state index in [9.17, 15) is 4.79 Å². The van der Waals surface area contributed by atoms with Crippen LogP contribution in [0.25, 0.3) is 11.3 Å². The lowest BCUT2D eigenvalue weighted by atomic mass is 10.1. The Morgan fingerprint density at radius 2 is 1.95 bits per heavy atom. The molecule has 0 amide bonds. The predicted molar refractivity (Wildman–Crippen MR) is 71.7 cm³/mol. The van der Waals surface area contributed by atoms with Gasteiger partial charge >= 0.3 is 0 Å². The molecule has 5 nitrogen and oxygen atoms in total. The second-order valence-electron chi connectivity index (χ2n) is 4.55. The SMILES string of the molecule is O=C1CCCN(c2ncc(-c3ccccn3)cn2)C1. The molecule has 0 radical (unpaired) electrons. The lowest BCUT2D eigenvalue weighted by Gasteiger charge is -2.25. The maximum atomic E-state index is 11.4. The van der Waals surface area contributed by atoms with E-state index in [1.54, 1.807) is 18.6 Å². The molecule has 0 aromatic carbocycles. The van der Waals surface area contributed by atoms with Crippen molar-refractivity contribution in [3.63, 3.8) is 0 Å². The molecule has 5 heteroatoms. The monoisotopic (exact) mass is 254 g/mol. The van der Waals surface area contributed by atoms with Crippen LogP contribution in [0.1, 0.15) is 12.8 Å². The summed E-state index contributed by atoms with van der Waals surface area (Å²) in [6.07, 6.45) is 6.80. The first-order valence-corrected chi connectivity index (χ1v) is 6.33. The van der Waals surface area contributed by atoms with Crippen LogP contribution in [-0.4, -0.2) is 33.8 Å². The number of aromatic nitrogens is 3. The van der Waals surface area contributed by atoms with E-state index < -0.39 is 0 Å². The van der Waals surface area contributed by atoms with E-state index in [4.69, 9.17) is 0 Å². The number of ketones is 1. The largest absolute Gasteiger partial charge is 0.333 e. The summed E-state index contributed by atoms with van der Waals surface area (Å²) >= 11 is 0. The van der Waals surface area contributed by atoms with Gasteiger partial charge in [0.2, 0.25) is 5.95 Å². The normalized spacial score (nSPS) is 15.6. The Morgan fingerprint density at radius 3 is 2.63 bits per heavy atom. The first-order valence-electron chi connectivity index (χ1n) is 6.33. The number of carbonyl (C=O) groups excluding carboxylic acids is 1. The Morgan fingerprint density at radius 1 is 1.11 bits per heavy atom. The van der Waals surface area contributed by atoms with E-state index in [-0.39, 0.29) is 5.78 Å². The molecule has 1 saturated heterocycles. The average molecular weight is 254 g/mol. The number of carbonyl (C=O) groups is 1. The molecule has 2 aromatic rings. The number of hydrogen-bond acceptors (Lipinski definition) is 5. The Bertz CT molecular complexity index is 568. The highest BCUT2D eigenvalue weighted by atomic mass is 16.1. The molecule has 19 heavy (non-hydrogen) atoms. The summed E-state index contributed by atoms with van der Waals surface area (Å²) in [6.45, 7) is 1.26. The van der Waals surface area contributed by atoms with Crippen LogP contribution < -0.4 is 4.90 Å². The maximum absolute atomic E-state index is 11.4. The molecular weight excluding hydrogens is 240 g/mol. The van der Waals surface area contributed by atoms with Gasteiger partial charge in [-0.05, 0) is 18.6 Å². The number of piperidine rings is 1. The van der Waals surface area contributed by atoms with Crippen molar-refractivity contribution < 1.29 is 4.79 Å². The Hall–Kier alpha value is -2.30. The summed E-state index contributed by atoms with van der Waals surface area (Å²) in [6, 6.07) is 5.72. The van der Waals surface area contributed by atoms with E-state index in [1.165, 1.54) is 0 Å². The molecule has 0 spiro atoms. The molecule has 1 aliphatic rings. The minimum absolute atomic E-state index is 0.253. The minimum atomic E-state index is 0.253. The molecule has 0 aliphatic carbocycles. The Labute approximate surface area is 111 Å². The van der Waals surface area contributed by atoms with Gasteiger partial charge in [0.15, 0.2) is 5.78 Å². The van der Waals surface area contributed by atoms with Gasteiger partial charge in [-0.15, -0.1) is 0 Å². The van der Waals surface area contributed by atoms with Gasteiger partial charge in [0, 0.05) is 37.1 Å². The number of pyridine rings is 1. The fourth-order valence-electron chi connectivity index (χ4n) is 2.16. The number of rotatable bonds is 2. The molecule has 0 unspecified atom stereocenters. The lowest BCUT2D eigenvalue weighted by Crippen LogP contribution is -2.36. The van der Waals surface area contributed by atoms with Gasteiger partial charge < -0.3 is 4.90 Å². The minimum Gasteiger partial charge on any atom is -0.333 e. The van der Waals surface area contributed by atoms with Gasteiger partial charge in [0.05, 0.1) is 12.2 Å². The number of Topliss-reactive ketones (excluding diaryl/α,β-unsaturated/α-hetero) is 1. The van der Waals surface area contributed by atoms with Crippen LogP contribution in [-0.2, 0) is 4.79 Å². The third kappa shape index (κ3) is 2.59. The third-order valence-electron chi connectivity index (χ3n) is 3.13. The Kier molecular flexibility index (Phi) is 3.18. The highest BCUT2D eigenvalue weighted by Crippen LogP contribution is 2.17. The molecular formula is C14H14N4O. The maximum Gasteiger partial charge on any atom is 0.225 e. The highest BCUT2D eigenvalue weighted by molar-refractivity contribution is 5.84. The third-order valence-corrected chi connectivity index (χ3v) is 3.13. The summed E-state index contributed by atoms with van der Waals surface area (Å²) in [5.41, 5.74) is 1.73. The summed E-state index contributed by atoms with van der Waals surface area (Å²) in [5, 5.41) is 0. The van der Waals surface area contributed by atoms with Crippen LogP contribution in [0.4, 0.5) is 5.95 Å². The molecule has 3 heterocycles. The van der Waals surface area contributed by atoms with Gasteiger partial charge in [0.25, 0.3) is 0 Å². The van der Waals surface area contributed by atoms with Crippen molar-refractivity contribution in [2.24, 2.45) is 0 Å². The van der Waals surface area contributed by atoms with Crippen molar-refractivity contribution >= 4 is 11.7 Å². The molecule has 0 N–H and O–H groups in total. The van der Waals surface area contributed by atoms with Gasteiger partial charge in [-0.3, -0.25) is 9.78 Å². The summed E-state index contributed by atoms with van der Waals surface area (Å²) in [5.74, 6) is 0.872. The zero-order valence-electron chi connectivity index (χ0n) is 10.5. The van der Waals surface area contributed by atoms with Crippen molar-refractivity contribution in [1.29, 1.82) is 0 Å². The van der Waals surface area contributed by atoms with E-state index >= 15 is 0 Å². The molecule has 0 bridgehead atoms. The van der Waals surface area contributed by atoms with Gasteiger partial charge in [0.1, 0.15) is 0 Å². The molecule has 0 atom stereocenters. The van der Waals surface area contributed by atoms with E-state index in [2.05, 4.69) is 15.0 Å². The zero-order valence-corrected chi connectivity index (χ0v) is 10.5. The van der Waals surface area contributed by atoms with Crippen molar-refractivity contribution in [3.05, 3.63) is 36.8 Å². The standard InChI is InChI=1S/C14H14N4O/c19-12-4-3-7-18(10-12)14-16-8-11(9-17-14)13-5-1-2-6-15-13/h1-2,5-6,8-9H,3-4,7,10H2. The van der Waals surface area contributed by atoms with Crippen LogP contribution in [0.3, 0.4) is 0 Å². The smallest absolute Gasteiger partial charge is 0.225 e. The van der Waals surface area contributed by atoms with Crippen molar-refractivity contribution in [2.75, 3.05) is 18.0 Å². The molecule has 96 valence electrons. The van der Waals surface area contributed by atoms with Crippen LogP contribution in [0.15, 0.2) is 36.8 Å². The van der Waals surface area contributed by atoms with Crippen LogP contribution in [0, 0.1) is 0 Å². The average Bonchev–Trinajstić information content (AvgIpc) is 2.48. The van der Waals surface area contributed by atoms with E-state index in [1.807, 2.05) is 23.1 Å². The second kappa shape index (κ2) is 5.14. The fraction of sp³-hybridized carbons (Fsp3) is 0.286. The number of nitrogens with zero attached hydrogens (tertiary/aromatic N) is 4. The summed E-state index contributed by atoms with van der Waals surface area (Å²) in [4.78, 5) is 26.3. The molecule has 0 saturated carbocycles. The Balaban J connectivity index is 1.81.